The highest BCUT2D eigenvalue weighted by molar-refractivity contribution is 7.11. The molecule has 0 unspecified atom stereocenters. The molecule has 2 aliphatic rings. The minimum absolute atomic E-state index is 0.0290. The van der Waals surface area contributed by atoms with Gasteiger partial charge in [-0.25, -0.2) is 4.98 Å². The fourth-order valence-electron chi connectivity index (χ4n) is 3.74. The van der Waals surface area contributed by atoms with Crippen LogP contribution in [0, 0.1) is 19.3 Å². The lowest BCUT2D eigenvalue weighted by Gasteiger charge is -2.56. The Kier molecular flexibility index (Phi) is 4.37. The third-order valence-corrected chi connectivity index (χ3v) is 6.39. The number of aromatic nitrogens is 1. The molecule has 1 spiro atoms. The highest BCUT2D eigenvalue weighted by Gasteiger charge is 2.55. The summed E-state index contributed by atoms with van der Waals surface area (Å²) in [5.41, 5.74) is 1.19. The van der Waals surface area contributed by atoms with E-state index in [-0.39, 0.29) is 17.6 Å². The molecule has 0 aromatic carbocycles. The molecule has 4 nitrogen and oxygen atoms in total. The molecule has 2 fully saturated rings. The molecule has 5 heteroatoms. The summed E-state index contributed by atoms with van der Waals surface area (Å²) in [6.45, 7) is 10.0. The molecule has 2 heterocycles. The van der Waals surface area contributed by atoms with E-state index in [0.29, 0.717) is 0 Å². The van der Waals surface area contributed by atoms with Gasteiger partial charge in [0.1, 0.15) is 5.01 Å². The first kappa shape index (κ1) is 15.4. The summed E-state index contributed by atoms with van der Waals surface area (Å²) in [4.78, 5) is 8.43. The molecule has 1 aromatic heterocycles. The number of aliphatic hydroxyl groups is 1. The van der Waals surface area contributed by atoms with Crippen LogP contribution in [0.2, 0.25) is 0 Å². The zero-order valence-electron chi connectivity index (χ0n) is 13.3. The SMILES string of the molecule is CCO[C@@H]1C[C@@H](O)C12CCN(Cc1nc(C)c(C)s1)CC2. The number of hydrogen-bond acceptors (Lipinski definition) is 5. The third kappa shape index (κ3) is 2.77. The summed E-state index contributed by atoms with van der Waals surface area (Å²) in [7, 11) is 0. The van der Waals surface area contributed by atoms with Crippen molar-refractivity contribution >= 4 is 11.3 Å². The Morgan fingerprint density at radius 3 is 2.62 bits per heavy atom. The second-order valence-corrected chi connectivity index (χ2v) is 7.74. The lowest BCUT2D eigenvalue weighted by molar-refractivity contribution is -0.209. The van der Waals surface area contributed by atoms with Gasteiger partial charge in [0.2, 0.25) is 0 Å². The van der Waals surface area contributed by atoms with Crippen LogP contribution in [0.4, 0.5) is 0 Å². The molecule has 1 N–H and O–H groups in total. The van der Waals surface area contributed by atoms with Crippen molar-refractivity contribution in [3.63, 3.8) is 0 Å². The average molecular weight is 310 g/mol. The zero-order valence-corrected chi connectivity index (χ0v) is 14.1. The molecule has 3 rings (SSSR count). The number of thiazole rings is 1. The Hall–Kier alpha value is -0.490. The van der Waals surface area contributed by atoms with Gasteiger partial charge in [0.05, 0.1) is 24.4 Å². The molecule has 1 aromatic rings. The molecule has 0 radical (unpaired) electrons. The second-order valence-electron chi connectivity index (χ2n) is 6.45. The number of ether oxygens (including phenoxy) is 1. The summed E-state index contributed by atoms with van der Waals surface area (Å²) >= 11 is 1.81. The van der Waals surface area contributed by atoms with Crippen molar-refractivity contribution in [2.45, 2.75) is 58.8 Å². The van der Waals surface area contributed by atoms with Gasteiger partial charge < -0.3 is 9.84 Å². The maximum Gasteiger partial charge on any atom is 0.107 e. The van der Waals surface area contributed by atoms with Crippen molar-refractivity contribution in [1.29, 1.82) is 0 Å². The van der Waals surface area contributed by atoms with Crippen LogP contribution in [0.5, 0.6) is 0 Å². The average Bonchev–Trinajstić information content (AvgIpc) is 2.78. The van der Waals surface area contributed by atoms with Crippen LogP contribution in [0.3, 0.4) is 0 Å². The number of piperidine rings is 1. The van der Waals surface area contributed by atoms with Gasteiger partial charge in [-0.2, -0.15) is 0 Å². The Bertz CT molecular complexity index is 473. The van der Waals surface area contributed by atoms with Gasteiger partial charge in [-0.15, -0.1) is 11.3 Å². The van der Waals surface area contributed by atoms with Crippen LogP contribution in [-0.2, 0) is 11.3 Å². The summed E-state index contributed by atoms with van der Waals surface area (Å²) in [5.74, 6) is 0. The van der Waals surface area contributed by atoms with Gasteiger partial charge in [0.15, 0.2) is 0 Å². The Labute approximate surface area is 131 Å². The van der Waals surface area contributed by atoms with E-state index in [9.17, 15) is 5.11 Å². The topological polar surface area (TPSA) is 45.6 Å². The van der Waals surface area contributed by atoms with Gasteiger partial charge in [0, 0.05) is 23.3 Å². The van der Waals surface area contributed by atoms with E-state index in [2.05, 4.69) is 23.7 Å². The first-order valence-corrected chi connectivity index (χ1v) is 8.81. The van der Waals surface area contributed by atoms with Crippen molar-refractivity contribution in [3.05, 3.63) is 15.6 Å². The Balaban J connectivity index is 1.57. The summed E-state index contributed by atoms with van der Waals surface area (Å²) in [6.07, 6.45) is 3.01. The Morgan fingerprint density at radius 2 is 2.10 bits per heavy atom. The highest BCUT2D eigenvalue weighted by Crippen LogP contribution is 2.51. The second kappa shape index (κ2) is 5.95. The van der Waals surface area contributed by atoms with Crippen LogP contribution in [0.25, 0.3) is 0 Å². The van der Waals surface area contributed by atoms with E-state index < -0.39 is 0 Å². The van der Waals surface area contributed by atoms with E-state index in [1.54, 1.807) is 0 Å². The number of aryl methyl sites for hydroxylation is 2. The lowest BCUT2D eigenvalue weighted by atomic mass is 9.58. The van der Waals surface area contributed by atoms with Crippen LogP contribution < -0.4 is 0 Å². The third-order valence-electron chi connectivity index (χ3n) is 5.33. The molecular weight excluding hydrogens is 284 g/mol. The fourth-order valence-corrected chi connectivity index (χ4v) is 4.72. The largest absolute Gasteiger partial charge is 0.392 e. The van der Waals surface area contributed by atoms with Gasteiger partial charge in [-0.05, 0) is 46.7 Å². The summed E-state index contributed by atoms with van der Waals surface area (Å²) < 4.78 is 5.83. The molecule has 0 amide bonds. The van der Waals surface area contributed by atoms with Crippen LogP contribution in [-0.4, -0.2) is 46.9 Å². The standard InChI is InChI=1S/C16H26N2O2S/c1-4-20-14-9-13(19)16(14)5-7-18(8-6-16)10-15-17-11(2)12(3)21-15/h13-14,19H,4-10H2,1-3H3/t13-,14-/m1/s1. The van der Waals surface area contributed by atoms with Crippen LogP contribution in [0.1, 0.15) is 41.8 Å². The predicted octanol–water partition coefficient (Wildman–Crippen LogP) is 2.51. The monoisotopic (exact) mass is 310 g/mol. The molecule has 1 saturated heterocycles. The van der Waals surface area contributed by atoms with Crippen molar-refractivity contribution in [2.24, 2.45) is 5.41 Å². The maximum atomic E-state index is 10.2. The van der Waals surface area contributed by atoms with Crippen molar-refractivity contribution < 1.29 is 9.84 Å². The Morgan fingerprint density at radius 1 is 1.38 bits per heavy atom. The molecule has 2 atom stereocenters. The number of hydrogen-bond donors (Lipinski definition) is 1. The first-order chi connectivity index (χ1) is 10.0. The van der Waals surface area contributed by atoms with Crippen molar-refractivity contribution in [2.75, 3.05) is 19.7 Å². The molecule has 118 valence electrons. The fraction of sp³-hybridized carbons (Fsp3) is 0.812. The minimum atomic E-state index is -0.166. The maximum absolute atomic E-state index is 10.2. The van der Waals surface area contributed by atoms with E-state index in [0.717, 1.165) is 51.2 Å². The number of likely N-dealkylation sites (tertiary alicyclic amines) is 1. The van der Waals surface area contributed by atoms with E-state index >= 15 is 0 Å². The summed E-state index contributed by atoms with van der Waals surface area (Å²) in [5, 5.41) is 11.4. The molecular formula is C16H26N2O2S. The zero-order chi connectivity index (χ0) is 15.0. The molecule has 0 bridgehead atoms. The van der Waals surface area contributed by atoms with E-state index in [1.165, 1.54) is 9.88 Å². The number of rotatable bonds is 4. The normalized spacial score (nSPS) is 28.8. The number of nitrogens with zero attached hydrogens (tertiary/aromatic N) is 2. The van der Waals surface area contributed by atoms with Crippen LogP contribution >= 0.6 is 11.3 Å². The molecule has 1 saturated carbocycles. The van der Waals surface area contributed by atoms with E-state index in [4.69, 9.17) is 4.74 Å². The number of aliphatic hydroxyl groups excluding tert-OH is 1. The van der Waals surface area contributed by atoms with Crippen molar-refractivity contribution in [1.82, 2.24) is 9.88 Å². The van der Waals surface area contributed by atoms with E-state index in [1.807, 2.05) is 18.3 Å². The molecule has 21 heavy (non-hydrogen) atoms. The lowest BCUT2D eigenvalue weighted by Crippen LogP contribution is -2.62. The smallest absolute Gasteiger partial charge is 0.107 e. The van der Waals surface area contributed by atoms with Gasteiger partial charge in [0.25, 0.3) is 0 Å². The van der Waals surface area contributed by atoms with Gasteiger partial charge >= 0.3 is 0 Å². The molecule has 1 aliphatic heterocycles. The quantitative estimate of drug-likeness (QED) is 0.928. The first-order valence-electron chi connectivity index (χ1n) is 8.00. The van der Waals surface area contributed by atoms with Gasteiger partial charge in [-0.3, -0.25) is 4.90 Å². The minimum Gasteiger partial charge on any atom is -0.392 e. The van der Waals surface area contributed by atoms with Gasteiger partial charge in [-0.1, -0.05) is 0 Å². The van der Waals surface area contributed by atoms with Crippen LogP contribution in [0.15, 0.2) is 0 Å². The van der Waals surface area contributed by atoms with Crippen molar-refractivity contribution in [3.8, 4) is 0 Å². The highest BCUT2D eigenvalue weighted by atomic mass is 32.1. The molecule has 1 aliphatic carbocycles. The predicted molar refractivity (Wildman–Crippen MR) is 84.6 cm³/mol. The summed E-state index contributed by atoms with van der Waals surface area (Å²) in [6, 6.07) is 0.